The van der Waals surface area contributed by atoms with Crippen LogP contribution in [0.4, 0.5) is 14.7 Å². The maximum absolute atomic E-state index is 13.7. The first-order chi connectivity index (χ1) is 18.7. The van der Waals surface area contributed by atoms with Crippen molar-refractivity contribution in [3.63, 3.8) is 0 Å². The van der Waals surface area contributed by atoms with Crippen LogP contribution in [0.2, 0.25) is 0 Å². The average molecular weight is 542 g/mol. The number of anilines is 1. The fourth-order valence-corrected chi connectivity index (χ4v) is 5.24. The second kappa shape index (κ2) is 11.4. The lowest BCUT2D eigenvalue weighted by Crippen LogP contribution is -2.41. The van der Waals surface area contributed by atoms with Gasteiger partial charge in [0.05, 0.1) is 24.2 Å². The highest BCUT2D eigenvalue weighted by atomic mass is 19.1. The molecule has 3 heterocycles. The molecule has 1 aromatic heterocycles. The number of fused-ring (bicyclic) bond motifs is 1. The van der Waals surface area contributed by atoms with Crippen LogP contribution in [0.1, 0.15) is 54.2 Å². The normalized spacial score (nSPS) is 19.5. The molecule has 3 aromatic rings. The first kappa shape index (κ1) is 27.2. The largest absolute Gasteiger partial charge is 0.440 e. The quantitative estimate of drug-likeness (QED) is 0.491. The zero-order chi connectivity index (χ0) is 27.7. The third-order valence-corrected chi connectivity index (χ3v) is 7.40. The van der Waals surface area contributed by atoms with E-state index in [9.17, 15) is 23.5 Å². The lowest BCUT2D eigenvalue weighted by molar-refractivity contribution is 0.0517. The summed E-state index contributed by atoms with van der Waals surface area (Å²) in [6.07, 6.45) is 0.552. The number of carbonyl (C=O) groups excluding carboxylic acids is 1. The number of ether oxygens (including phenoxy) is 1. The van der Waals surface area contributed by atoms with Gasteiger partial charge in [-0.05, 0) is 56.5 Å². The molecule has 10 heteroatoms. The van der Waals surface area contributed by atoms with Crippen LogP contribution in [0.25, 0.3) is 11.0 Å². The van der Waals surface area contributed by atoms with Crippen LogP contribution in [-0.4, -0.2) is 60.9 Å². The van der Waals surface area contributed by atoms with Crippen LogP contribution in [0.3, 0.4) is 0 Å². The summed E-state index contributed by atoms with van der Waals surface area (Å²) in [5.74, 6) is -1.14. The predicted molar refractivity (Wildman–Crippen MR) is 143 cm³/mol. The highest BCUT2D eigenvalue weighted by molar-refractivity contribution is 5.99. The van der Waals surface area contributed by atoms with Crippen molar-refractivity contribution < 1.29 is 27.8 Å². The molecule has 0 bridgehead atoms. The van der Waals surface area contributed by atoms with E-state index in [2.05, 4.69) is 5.32 Å². The highest BCUT2D eigenvalue weighted by Crippen LogP contribution is 2.30. The Morgan fingerprint density at radius 3 is 2.51 bits per heavy atom. The zero-order valence-electron chi connectivity index (χ0n) is 22.1. The lowest BCUT2D eigenvalue weighted by atomic mass is 9.99. The van der Waals surface area contributed by atoms with Crippen LogP contribution < -0.4 is 15.6 Å². The molecule has 1 unspecified atom stereocenters. The Hall–Kier alpha value is -3.34. The molecule has 2 aliphatic rings. The number of hydrogen-bond donors (Lipinski definition) is 2. The maximum Gasteiger partial charge on any atom is 0.253 e. The Morgan fingerprint density at radius 2 is 1.82 bits per heavy atom. The van der Waals surface area contributed by atoms with Gasteiger partial charge in [-0.3, -0.25) is 9.59 Å². The number of rotatable bonds is 6. The summed E-state index contributed by atoms with van der Waals surface area (Å²) < 4.78 is 39.4. The van der Waals surface area contributed by atoms with Gasteiger partial charge < -0.3 is 29.4 Å². The highest BCUT2D eigenvalue weighted by Gasteiger charge is 2.26. The number of likely N-dealkylation sites (tertiary alicyclic amines) is 1. The minimum atomic E-state index is -0.667. The molecule has 2 N–H and O–H groups in total. The van der Waals surface area contributed by atoms with E-state index in [-0.39, 0.29) is 29.4 Å². The third kappa shape index (κ3) is 6.13. The van der Waals surface area contributed by atoms with Crippen molar-refractivity contribution in [2.24, 2.45) is 0 Å². The van der Waals surface area contributed by atoms with Crippen molar-refractivity contribution >= 4 is 22.8 Å². The van der Waals surface area contributed by atoms with E-state index in [0.29, 0.717) is 73.8 Å². The number of aliphatic hydroxyl groups is 1. The summed E-state index contributed by atoms with van der Waals surface area (Å²) in [7, 11) is 0. The Bertz CT molecular complexity index is 1400. The first-order valence-corrected chi connectivity index (χ1v) is 13.3. The number of morpholine rings is 1. The minimum absolute atomic E-state index is 0.0190. The Kier molecular flexibility index (Phi) is 7.97. The number of aliphatic hydroxyl groups excluding tert-OH is 1. The maximum atomic E-state index is 13.7. The van der Waals surface area contributed by atoms with Gasteiger partial charge >= 0.3 is 0 Å². The average Bonchev–Trinajstić information content (AvgIpc) is 2.90. The molecule has 208 valence electrons. The molecule has 2 saturated heterocycles. The number of piperidine rings is 1. The van der Waals surface area contributed by atoms with Crippen molar-refractivity contribution in [2.45, 2.75) is 51.5 Å². The lowest BCUT2D eigenvalue weighted by Gasteiger charge is -2.32. The number of halogens is 2. The Balaban J connectivity index is 1.53. The smallest absolute Gasteiger partial charge is 0.253 e. The zero-order valence-corrected chi connectivity index (χ0v) is 22.1. The van der Waals surface area contributed by atoms with E-state index in [1.807, 2.05) is 18.7 Å². The van der Waals surface area contributed by atoms with Gasteiger partial charge in [0.2, 0.25) is 0 Å². The summed E-state index contributed by atoms with van der Waals surface area (Å²) in [6, 6.07) is 7.62. The minimum Gasteiger partial charge on any atom is -0.440 e. The van der Waals surface area contributed by atoms with E-state index in [0.717, 1.165) is 6.07 Å². The second-order valence-electron chi connectivity index (χ2n) is 10.4. The molecule has 5 rings (SSSR count). The molecule has 0 saturated carbocycles. The Morgan fingerprint density at radius 1 is 1.10 bits per heavy atom. The van der Waals surface area contributed by atoms with Crippen molar-refractivity contribution in [3.05, 3.63) is 74.9 Å². The van der Waals surface area contributed by atoms with Gasteiger partial charge in [0.15, 0.2) is 11.3 Å². The molecule has 0 aliphatic carbocycles. The number of benzene rings is 2. The number of carbonyl (C=O) groups is 1. The van der Waals surface area contributed by atoms with Crippen molar-refractivity contribution in [2.75, 3.05) is 37.7 Å². The summed E-state index contributed by atoms with van der Waals surface area (Å²) in [6.45, 7) is 6.46. The van der Waals surface area contributed by atoms with E-state index in [1.165, 1.54) is 18.2 Å². The fourth-order valence-electron chi connectivity index (χ4n) is 5.24. The van der Waals surface area contributed by atoms with Gasteiger partial charge in [-0.2, -0.15) is 0 Å². The summed E-state index contributed by atoms with van der Waals surface area (Å²) in [5.41, 5.74) is 1.44. The van der Waals surface area contributed by atoms with Gasteiger partial charge in [0, 0.05) is 62.0 Å². The van der Waals surface area contributed by atoms with Crippen LogP contribution >= 0.6 is 0 Å². The van der Waals surface area contributed by atoms with Crippen LogP contribution in [0.15, 0.2) is 45.6 Å². The van der Waals surface area contributed by atoms with Crippen molar-refractivity contribution in [1.82, 2.24) is 10.2 Å². The van der Waals surface area contributed by atoms with Crippen LogP contribution in [0.5, 0.6) is 0 Å². The standard InChI is InChI=1S/C29H33F2N3O5/c1-17-16-34(7-8-38-17)27-14-26(36)25-12-20(29(37)33-5-3-23(35)4-6-33)11-24(28(25)39-27)18(2)32-15-19-9-21(30)13-22(31)10-19/h9-14,17-18,23,32,35H,3-8,15-16H2,1-2H3/t17-,18?/m1/s1. The third-order valence-electron chi connectivity index (χ3n) is 7.40. The number of amides is 1. The van der Waals surface area contributed by atoms with Crippen LogP contribution in [-0.2, 0) is 11.3 Å². The molecular formula is C29H33F2N3O5. The number of hydrogen-bond acceptors (Lipinski definition) is 7. The second-order valence-corrected chi connectivity index (χ2v) is 10.4. The number of nitrogens with one attached hydrogen (secondary N) is 1. The summed E-state index contributed by atoms with van der Waals surface area (Å²) in [5, 5.41) is 13.4. The molecule has 0 radical (unpaired) electrons. The molecule has 2 aliphatic heterocycles. The van der Waals surface area contributed by atoms with Gasteiger partial charge in [-0.25, -0.2) is 8.78 Å². The van der Waals surface area contributed by atoms with Crippen molar-refractivity contribution in [1.29, 1.82) is 0 Å². The van der Waals surface area contributed by atoms with E-state index in [4.69, 9.17) is 9.15 Å². The molecule has 39 heavy (non-hydrogen) atoms. The Labute approximate surface area is 225 Å². The van der Waals surface area contributed by atoms with Gasteiger partial charge in [0.25, 0.3) is 5.91 Å². The van der Waals surface area contributed by atoms with Crippen molar-refractivity contribution in [3.8, 4) is 0 Å². The van der Waals surface area contributed by atoms with Crippen LogP contribution in [0, 0.1) is 11.6 Å². The van der Waals surface area contributed by atoms with E-state index in [1.54, 1.807) is 17.0 Å². The molecule has 0 spiro atoms. The molecule has 1 amide bonds. The summed E-state index contributed by atoms with van der Waals surface area (Å²) >= 11 is 0. The fraction of sp³-hybridized carbons (Fsp3) is 0.448. The molecular weight excluding hydrogens is 508 g/mol. The van der Waals surface area contributed by atoms with Gasteiger partial charge in [-0.15, -0.1) is 0 Å². The molecule has 2 atom stereocenters. The summed E-state index contributed by atoms with van der Waals surface area (Å²) in [4.78, 5) is 30.4. The van der Waals surface area contributed by atoms with Gasteiger partial charge in [0.1, 0.15) is 17.2 Å². The van der Waals surface area contributed by atoms with Gasteiger partial charge in [-0.1, -0.05) is 0 Å². The number of nitrogens with zero attached hydrogens (tertiary/aromatic N) is 2. The SMILES string of the molecule is CC(NCc1cc(F)cc(F)c1)c1cc(C(=O)N2CCC(O)CC2)cc2c(=O)cc(N3CCO[C@H](C)C3)oc12. The topological polar surface area (TPSA) is 95.3 Å². The molecule has 8 nitrogen and oxygen atoms in total. The van der Waals surface area contributed by atoms with E-state index >= 15 is 0 Å². The molecule has 2 aromatic carbocycles. The first-order valence-electron chi connectivity index (χ1n) is 13.3. The predicted octanol–water partition coefficient (Wildman–Crippen LogP) is 3.74. The monoisotopic (exact) mass is 541 g/mol. The molecule has 2 fully saturated rings. The van der Waals surface area contributed by atoms with E-state index < -0.39 is 23.8 Å².